The minimum Gasteiger partial charge on any atom is -0.314 e. The van der Waals surface area contributed by atoms with Gasteiger partial charge in [0.15, 0.2) is 0 Å². The lowest BCUT2D eigenvalue weighted by atomic mass is 10.2. The molecule has 3 rings (SSSR count). The minimum absolute atomic E-state index is 0.767. The highest BCUT2D eigenvalue weighted by atomic mass is 32.1. The lowest BCUT2D eigenvalue weighted by molar-refractivity contribution is 0.497. The zero-order valence-electron chi connectivity index (χ0n) is 10.5. The lowest BCUT2D eigenvalue weighted by Crippen LogP contribution is -2.19. The van der Waals surface area contributed by atoms with E-state index >= 15 is 0 Å². The third-order valence-corrected chi connectivity index (χ3v) is 4.01. The van der Waals surface area contributed by atoms with E-state index in [1.165, 1.54) is 12.8 Å². The number of nitrogens with zero attached hydrogens (tertiary/aromatic N) is 4. The first kappa shape index (κ1) is 11.8. The van der Waals surface area contributed by atoms with E-state index in [0.29, 0.717) is 0 Å². The zero-order valence-corrected chi connectivity index (χ0v) is 11.3. The number of thiazole rings is 1. The van der Waals surface area contributed by atoms with E-state index in [-0.39, 0.29) is 0 Å². The van der Waals surface area contributed by atoms with E-state index in [1.54, 1.807) is 11.3 Å². The molecule has 0 spiro atoms. The molecule has 2 aromatic rings. The van der Waals surface area contributed by atoms with Gasteiger partial charge in [-0.05, 0) is 19.8 Å². The maximum absolute atomic E-state index is 4.43. The van der Waals surface area contributed by atoms with Crippen LogP contribution in [-0.4, -0.2) is 19.7 Å². The highest BCUT2D eigenvalue weighted by Crippen LogP contribution is 2.14. The van der Waals surface area contributed by atoms with Gasteiger partial charge in [-0.25, -0.2) is 4.98 Å². The van der Waals surface area contributed by atoms with Crippen molar-refractivity contribution in [3.63, 3.8) is 0 Å². The number of aryl methyl sites for hydroxylation is 2. The monoisotopic (exact) mass is 263 g/mol. The predicted molar refractivity (Wildman–Crippen MR) is 70.4 cm³/mol. The number of hydrogen-bond acceptors (Lipinski definition) is 5. The van der Waals surface area contributed by atoms with Gasteiger partial charge >= 0.3 is 0 Å². The summed E-state index contributed by atoms with van der Waals surface area (Å²) in [6, 6.07) is 0. The third kappa shape index (κ3) is 2.44. The van der Waals surface area contributed by atoms with Gasteiger partial charge in [0.1, 0.15) is 11.6 Å². The summed E-state index contributed by atoms with van der Waals surface area (Å²) in [4.78, 5) is 4.43. The predicted octanol–water partition coefficient (Wildman–Crippen LogP) is 1.67. The van der Waals surface area contributed by atoms with Gasteiger partial charge < -0.3 is 9.88 Å². The van der Waals surface area contributed by atoms with Crippen molar-refractivity contribution in [2.75, 3.05) is 0 Å². The topological polar surface area (TPSA) is 55.6 Å². The van der Waals surface area contributed by atoms with E-state index in [2.05, 4.69) is 30.4 Å². The SMILES string of the molecule is Cc1nc(CNCc2nnc3n2CCCC3)cs1. The van der Waals surface area contributed by atoms with Crippen molar-refractivity contribution in [2.45, 2.75) is 45.8 Å². The molecule has 0 saturated heterocycles. The smallest absolute Gasteiger partial charge is 0.147 e. The molecule has 3 heterocycles. The average molecular weight is 263 g/mol. The van der Waals surface area contributed by atoms with Gasteiger partial charge in [0.25, 0.3) is 0 Å². The second-order valence-corrected chi connectivity index (χ2v) is 5.66. The molecule has 96 valence electrons. The maximum atomic E-state index is 4.43. The largest absolute Gasteiger partial charge is 0.314 e. The van der Waals surface area contributed by atoms with Crippen molar-refractivity contribution in [1.82, 2.24) is 25.1 Å². The minimum atomic E-state index is 0.767. The number of hydrogen-bond donors (Lipinski definition) is 1. The Bertz CT molecular complexity index is 530. The summed E-state index contributed by atoms with van der Waals surface area (Å²) in [6.45, 7) is 4.66. The van der Waals surface area contributed by atoms with Crippen LogP contribution in [0.25, 0.3) is 0 Å². The fourth-order valence-corrected chi connectivity index (χ4v) is 2.90. The Hall–Kier alpha value is -1.27. The Labute approximate surface area is 110 Å². The van der Waals surface area contributed by atoms with Crippen LogP contribution in [0.15, 0.2) is 5.38 Å². The molecular formula is C12H17N5S. The van der Waals surface area contributed by atoms with Crippen LogP contribution in [-0.2, 0) is 26.1 Å². The molecule has 0 aliphatic carbocycles. The van der Waals surface area contributed by atoms with Gasteiger partial charge in [-0.2, -0.15) is 0 Å². The van der Waals surface area contributed by atoms with Crippen LogP contribution in [0.2, 0.25) is 0 Å². The first-order valence-electron chi connectivity index (χ1n) is 6.35. The second kappa shape index (κ2) is 5.16. The van der Waals surface area contributed by atoms with Crippen molar-refractivity contribution in [3.8, 4) is 0 Å². The highest BCUT2D eigenvalue weighted by Gasteiger charge is 2.14. The molecule has 0 aromatic carbocycles. The molecule has 1 aliphatic rings. The van der Waals surface area contributed by atoms with Gasteiger partial charge in [0, 0.05) is 24.9 Å². The summed E-state index contributed by atoms with van der Waals surface area (Å²) in [7, 11) is 0. The van der Waals surface area contributed by atoms with E-state index in [1.807, 2.05) is 6.92 Å². The zero-order chi connectivity index (χ0) is 12.4. The molecule has 18 heavy (non-hydrogen) atoms. The number of aromatic nitrogens is 4. The molecule has 2 aromatic heterocycles. The summed E-state index contributed by atoms with van der Waals surface area (Å²) in [6.07, 6.45) is 3.55. The molecule has 0 atom stereocenters. The number of fused-ring (bicyclic) bond motifs is 1. The molecule has 0 unspecified atom stereocenters. The molecule has 6 heteroatoms. The summed E-state index contributed by atoms with van der Waals surface area (Å²) in [5, 5.41) is 15.1. The molecular weight excluding hydrogens is 246 g/mol. The van der Waals surface area contributed by atoms with Crippen LogP contribution >= 0.6 is 11.3 Å². The first-order chi connectivity index (χ1) is 8.83. The Kier molecular flexibility index (Phi) is 3.38. The normalized spacial score (nSPS) is 14.7. The van der Waals surface area contributed by atoms with Gasteiger partial charge in [0.2, 0.25) is 0 Å². The Morgan fingerprint density at radius 1 is 1.33 bits per heavy atom. The van der Waals surface area contributed by atoms with Crippen molar-refractivity contribution < 1.29 is 0 Å². The van der Waals surface area contributed by atoms with Gasteiger partial charge in [0.05, 0.1) is 17.2 Å². The average Bonchev–Trinajstić information content (AvgIpc) is 2.97. The number of rotatable bonds is 4. The maximum Gasteiger partial charge on any atom is 0.147 e. The van der Waals surface area contributed by atoms with Crippen LogP contribution < -0.4 is 5.32 Å². The molecule has 0 radical (unpaired) electrons. The van der Waals surface area contributed by atoms with Crippen LogP contribution in [0, 0.1) is 6.92 Å². The van der Waals surface area contributed by atoms with E-state index in [9.17, 15) is 0 Å². The Morgan fingerprint density at radius 3 is 3.11 bits per heavy atom. The second-order valence-electron chi connectivity index (χ2n) is 4.60. The molecule has 0 saturated carbocycles. The summed E-state index contributed by atoms with van der Waals surface area (Å²) >= 11 is 1.69. The molecule has 0 fully saturated rings. The summed E-state index contributed by atoms with van der Waals surface area (Å²) in [5.41, 5.74) is 1.11. The molecule has 1 aliphatic heterocycles. The molecule has 0 bridgehead atoms. The third-order valence-electron chi connectivity index (χ3n) is 3.19. The van der Waals surface area contributed by atoms with Crippen molar-refractivity contribution in [3.05, 3.63) is 27.7 Å². The molecule has 1 N–H and O–H groups in total. The lowest BCUT2D eigenvalue weighted by Gasteiger charge is -2.14. The Morgan fingerprint density at radius 2 is 2.28 bits per heavy atom. The molecule has 5 nitrogen and oxygen atoms in total. The Balaban J connectivity index is 1.58. The van der Waals surface area contributed by atoms with Gasteiger partial charge in [-0.3, -0.25) is 0 Å². The molecule has 0 amide bonds. The fraction of sp³-hybridized carbons (Fsp3) is 0.583. The first-order valence-corrected chi connectivity index (χ1v) is 7.23. The summed E-state index contributed by atoms with van der Waals surface area (Å²) < 4.78 is 2.25. The van der Waals surface area contributed by atoms with Crippen LogP contribution in [0.1, 0.15) is 35.2 Å². The van der Waals surface area contributed by atoms with Crippen molar-refractivity contribution >= 4 is 11.3 Å². The van der Waals surface area contributed by atoms with E-state index in [0.717, 1.165) is 48.4 Å². The highest BCUT2D eigenvalue weighted by molar-refractivity contribution is 7.09. The van der Waals surface area contributed by atoms with Gasteiger partial charge in [-0.15, -0.1) is 21.5 Å². The van der Waals surface area contributed by atoms with Crippen molar-refractivity contribution in [1.29, 1.82) is 0 Å². The van der Waals surface area contributed by atoms with Crippen LogP contribution in [0.5, 0.6) is 0 Å². The van der Waals surface area contributed by atoms with Gasteiger partial charge in [-0.1, -0.05) is 0 Å². The van der Waals surface area contributed by atoms with E-state index in [4.69, 9.17) is 0 Å². The van der Waals surface area contributed by atoms with Crippen molar-refractivity contribution in [2.24, 2.45) is 0 Å². The standard InChI is InChI=1S/C12H17N5S/c1-9-14-10(8-18-9)6-13-7-12-16-15-11-4-2-3-5-17(11)12/h8,13H,2-7H2,1H3. The fourth-order valence-electron chi connectivity index (χ4n) is 2.29. The number of nitrogens with one attached hydrogen (secondary N) is 1. The van der Waals surface area contributed by atoms with Crippen LogP contribution in [0.4, 0.5) is 0 Å². The van der Waals surface area contributed by atoms with E-state index < -0.39 is 0 Å². The quantitative estimate of drug-likeness (QED) is 0.911. The van der Waals surface area contributed by atoms with Crippen LogP contribution in [0.3, 0.4) is 0 Å². The summed E-state index contributed by atoms with van der Waals surface area (Å²) in [5.74, 6) is 2.19.